The molecule has 1 atom stereocenters. The van der Waals surface area contributed by atoms with E-state index in [0.29, 0.717) is 29.8 Å². The van der Waals surface area contributed by atoms with Gasteiger partial charge in [0.15, 0.2) is 0 Å². The predicted molar refractivity (Wildman–Crippen MR) is 126 cm³/mol. The van der Waals surface area contributed by atoms with Crippen LogP contribution in [0.1, 0.15) is 49.5 Å². The molecule has 0 saturated carbocycles. The maximum atomic E-state index is 13.2. The van der Waals surface area contributed by atoms with Crippen molar-refractivity contribution in [1.82, 2.24) is 9.80 Å². The van der Waals surface area contributed by atoms with Crippen molar-refractivity contribution in [1.29, 1.82) is 0 Å². The summed E-state index contributed by atoms with van der Waals surface area (Å²) in [6, 6.07) is 13.0. The third-order valence-electron chi connectivity index (χ3n) is 6.88. The van der Waals surface area contributed by atoms with Gasteiger partial charge in [-0.2, -0.15) is 0 Å². The fourth-order valence-electron chi connectivity index (χ4n) is 5.01. The van der Waals surface area contributed by atoms with Crippen LogP contribution in [-0.2, 0) is 16.0 Å². The Morgan fingerprint density at radius 2 is 1.79 bits per heavy atom. The fraction of sp³-hybridized carbons (Fsp3) is 0.423. The Kier molecular flexibility index (Phi) is 6.34. The van der Waals surface area contributed by atoms with Gasteiger partial charge in [-0.15, -0.1) is 0 Å². The minimum Gasteiger partial charge on any atom is -0.465 e. The van der Waals surface area contributed by atoms with Crippen LogP contribution in [0.5, 0.6) is 0 Å². The summed E-state index contributed by atoms with van der Waals surface area (Å²) in [5.41, 5.74) is 3.53. The Hall–Kier alpha value is -3.23. The van der Waals surface area contributed by atoms with Crippen LogP contribution in [0.15, 0.2) is 42.5 Å². The first-order chi connectivity index (χ1) is 16.5. The lowest BCUT2D eigenvalue weighted by Crippen LogP contribution is -2.46. The number of esters is 1. The van der Waals surface area contributed by atoms with E-state index in [9.17, 15) is 14.4 Å². The Balaban J connectivity index is 1.24. The zero-order valence-electron chi connectivity index (χ0n) is 19.4. The molecule has 2 fully saturated rings. The van der Waals surface area contributed by atoms with E-state index >= 15 is 0 Å². The van der Waals surface area contributed by atoms with Gasteiger partial charge in [0, 0.05) is 39.3 Å². The van der Waals surface area contributed by atoms with Gasteiger partial charge in [-0.05, 0) is 42.7 Å². The maximum absolute atomic E-state index is 13.2. The van der Waals surface area contributed by atoms with Gasteiger partial charge in [-0.25, -0.2) is 4.79 Å². The molecule has 3 heterocycles. The molecular formula is C26H29N3O5. The second-order valence-electron chi connectivity index (χ2n) is 9.01. The summed E-state index contributed by atoms with van der Waals surface area (Å²) in [6.07, 6.45) is 1.79. The molecule has 178 valence electrons. The van der Waals surface area contributed by atoms with Crippen LogP contribution in [0.3, 0.4) is 0 Å². The number of hydrogen-bond donors (Lipinski definition) is 0. The number of fused-ring (bicyclic) bond motifs is 1. The standard InChI is InChI=1S/C26H29N3O5/c1-33-26(32)19-9-7-18(8-10-19)16-27-11-13-28(14-12-27)22-6-2-5-21-23(22)25(31)29(24(21)30)17-20-4-3-15-34-20/h2,5-10,20H,3-4,11-17H2,1H3. The lowest BCUT2D eigenvalue weighted by Gasteiger charge is -2.36. The average Bonchev–Trinajstić information content (AvgIpc) is 3.47. The molecule has 0 aliphatic carbocycles. The number of nitrogens with zero attached hydrogens (tertiary/aromatic N) is 3. The number of methoxy groups -OCH3 is 1. The maximum Gasteiger partial charge on any atom is 0.337 e. The van der Waals surface area contributed by atoms with Crippen molar-refractivity contribution < 1.29 is 23.9 Å². The third kappa shape index (κ3) is 4.31. The van der Waals surface area contributed by atoms with E-state index in [1.165, 1.54) is 12.0 Å². The van der Waals surface area contributed by atoms with Gasteiger partial charge in [-0.3, -0.25) is 19.4 Å². The van der Waals surface area contributed by atoms with Crippen LogP contribution >= 0.6 is 0 Å². The Labute approximate surface area is 199 Å². The largest absolute Gasteiger partial charge is 0.465 e. The molecule has 8 heteroatoms. The van der Waals surface area contributed by atoms with Crippen LogP contribution in [0.25, 0.3) is 0 Å². The molecule has 0 N–H and O–H groups in total. The molecular weight excluding hydrogens is 434 g/mol. The van der Waals surface area contributed by atoms with Crippen LogP contribution in [-0.4, -0.2) is 80.1 Å². The minimum atomic E-state index is -0.335. The normalized spacial score (nSPS) is 20.7. The molecule has 3 aliphatic rings. The summed E-state index contributed by atoms with van der Waals surface area (Å²) in [5.74, 6) is -0.761. The third-order valence-corrected chi connectivity index (χ3v) is 6.88. The molecule has 1 unspecified atom stereocenters. The number of carbonyl (C=O) groups is 3. The molecule has 0 bridgehead atoms. The molecule has 3 aliphatic heterocycles. The van der Waals surface area contributed by atoms with Crippen molar-refractivity contribution in [3.63, 3.8) is 0 Å². The Bertz CT molecular complexity index is 1090. The zero-order chi connectivity index (χ0) is 23.7. The Morgan fingerprint density at radius 1 is 1.03 bits per heavy atom. The van der Waals surface area contributed by atoms with E-state index < -0.39 is 0 Å². The first kappa shape index (κ1) is 22.6. The zero-order valence-corrected chi connectivity index (χ0v) is 19.4. The molecule has 0 radical (unpaired) electrons. The van der Waals surface area contributed by atoms with Gasteiger partial charge in [0.05, 0.1) is 42.1 Å². The molecule has 0 aromatic heterocycles. The Morgan fingerprint density at radius 3 is 2.47 bits per heavy atom. The van der Waals surface area contributed by atoms with E-state index in [0.717, 1.165) is 56.8 Å². The second-order valence-corrected chi connectivity index (χ2v) is 9.01. The summed E-state index contributed by atoms with van der Waals surface area (Å²) in [6.45, 7) is 5.02. The average molecular weight is 464 g/mol. The minimum absolute atomic E-state index is 0.0594. The van der Waals surface area contributed by atoms with E-state index in [4.69, 9.17) is 9.47 Å². The van der Waals surface area contributed by atoms with Crippen LogP contribution in [0, 0.1) is 0 Å². The number of amides is 2. The number of ether oxygens (including phenoxy) is 2. The monoisotopic (exact) mass is 463 g/mol. The highest BCUT2D eigenvalue weighted by atomic mass is 16.5. The molecule has 2 aromatic carbocycles. The van der Waals surface area contributed by atoms with Gasteiger partial charge in [0.2, 0.25) is 0 Å². The van der Waals surface area contributed by atoms with E-state index in [1.54, 1.807) is 18.2 Å². The molecule has 5 rings (SSSR count). The highest BCUT2D eigenvalue weighted by Crippen LogP contribution is 2.33. The fourth-order valence-corrected chi connectivity index (χ4v) is 5.01. The predicted octanol–water partition coefficient (Wildman–Crippen LogP) is 2.57. The number of piperazine rings is 1. The topological polar surface area (TPSA) is 79.4 Å². The second kappa shape index (κ2) is 9.56. The quantitative estimate of drug-likeness (QED) is 0.481. The van der Waals surface area contributed by atoms with Crippen LogP contribution in [0.2, 0.25) is 0 Å². The summed E-state index contributed by atoms with van der Waals surface area (Å²) < 4.78 is 10.4. The summed E-state index contributed by atoms with van der Waals surface area (Å²) >= 11 is 0. The number of hydrogen-bond acceptors (Lipinski definition) is 7. The summed E-state index contributed by atoms with van der Waals surface area (Å²) in [4.78, 5) is 43.7. The summed E-state index contributed by atoms with van der Waals surface area (Å²) in [5, 5.41) is 0. The van der Waals surface area contributed by atoms with E-state index in [1.807, 2.05) is 24.3 Å². The summed E-state index contributed by atoms with van der Waals surface area (Å²) in [7, 11) is 1.38. The first-order valence-corrected chi connectivity index (χ1v) is 11.8. The van der Waals surface area contributed by atoms with Gasteiger partial charge < -0.3 is 14.4 Å². The molecule has 2 saturated heterocycles. The van der Waals surface area contributed by atoms with Crippen molar-refractivity contribution in [2.75, 3.05) is 51.3 Å². The highest BCUT2D eigenvalue weighted by molar-refractivity contribution is 6.23. The van der Waals surface area contributed by atoms with Crippen molar-refractivity contribution in [3.05, 3.63) is 64.7 Å². The van der Waals surface area contributed by atoms with Crippen LogP contribution in [0.4, 0.5) is 5.69 Å². The van der Waals surface area contributed by atoms with Gasteiger partial charge in [0.25, 0.3) is 11.8 Å². The van der Waals surface area contributed by atoms with Crippen molar-refractivity contribution >= 4 is 23.5 Å². The van der Waals surface area contributed by atoms with Crippen LogP contribution < -0.4 is 4.90 Å². The lowest BCUT2D eigenvalue weighted by molar-refractivity contribution is 0.0475. The number of carbonyl (C=O) groups excluding carboxylic acids is 3. The lowest BCUT2D eigenvalue weighted by atomic mass is 10.1. The molecule has 34 heavy (non-hydrogen) atoms. The molecule has 0 spiro atoms. The van der Waals surface area contributed by atoms with Crippen molar-refractivity contribution in [3.8, 4) is 0 Å². The van der Waals surface area contributed by atoms with Crippen molar-refractivity contribution in [2.24, 2.45) is 0 Å². The first-order valence-electron chi connectivity index (χ1n) is 11.8. The van der Waals surface area contributed by atoms with E-state index in [2.05, 4.69) is 9.80 Å². The van der Waals surface area contributed by atoms with Gasteiger partial charge >= 0.3 is 5.97 Å². The smallest absolute Gasteiger partial charge is 0.337 e. The van der Waals surface area contributed by atoms with E-state index in [-0.39, 0.29) is 23.9 Å². The van der Waals surface area contributed by atoms with Gasteiger partial charge in [0.1, 0.15) is 0 Å². The molecule has 8 nitrogen and oxygen atoms in total. The molecule has 2 aromatic rings. The number of imide groups is 1. The number of benzene rings is 2. The molecule has 2 amide bonds. The van der Waals surface area contributed by atoms with Gasteiger partial charge in [-0.1, -0.05) is 18.2 Å². The van der Waals surface area contributed by atoms with Crippen molar-refractivity contribution in [2.45, 2.75) is 25.5 Å². The number of anilines is 1. The number of rotatable bonds is 6. The highest BCUT2D eigenvalue weighted by Gasteiger charge is 2.40. The SMILES string of the molecule is COC(=O)c1ccc(CN2CCN(c3cccc4c3C(=O)N(CC3CCCO3)C4=O)CC2)cc1.